The Balaban J connectivity index is 1.85. The van der Waals surface area contributed by atoms with E-state index < -0.39 is 10.0 Å². The Labute approximate surface area is 135 Å². The molecule has 1 amide bonds. The summed E-state index contributed by atoms with van der Waals surface area (Å²) in [5, 5.41) is 1.79. The van der Waals surface area contributed by atoms with Crippen molar-refractivity contribution in [2.75, 3.05) is 32.4 Å². The monoisotopic (exact) mass is 333 g/mol. The Morgan fingerprint density at radius 3 is 2.65 bits per heavy atom. The summed E-state index contributed by atoms with van der Waals surface area (Å²) in [6.45, 7) is 1.70. The molecule has 2 aromatic rings. The van der Waals surface area contributed by atoms with Gasteiger partial charge in [-0.1, -0.05) is 24.3 Å². The van der Waals surface area contributed by atoms with Crippen LogP contribution < -0.4 is 0 Å². The van der Waals surface area contributed by atoms with Crippen molar-refractivity contribution in [1.29, 1.82) is 0 Å². The molecule has 0 bridgehead atoms. The first-order valence-electron chi connectivity index (χ1n) is 7.55. The zero-order chi connectivity index (χ0) is 16.4. The Bertz CT molecular complexity index is 830. The van der Waals surface area contributed by atoms with Crippen molar-refractivity contribution in [3.63, 3.8) is 0 Å². The summed E-state index contributed by atoms with van der Waals surface area (Å²) in [5.74, 6) is -0.142. The summed E-state index contributed by atoms with van der Waals surface area (Å²) in [5.41, 5.74) is 0.427. The van der Waals surface area contributed by atoms with Gasteiger partial charge in [0.2, 0.25) is 10.0 Å². The molecule has 23 heavy (non-hydrogen) atoms. The lowest BCUT2D eigenvalue weighted by molar-refractivity contribution is 0.0760. The van der Waals surface area contributed by atoms with Crippen molar-refractivity contribution in [3.8, 4) is 0 Å². The van der Waals surface area contributed by atoms with E-state index in [1.54, 1.807) is 11.1 Å². The predicted molar refractivity (Wildman–Crippen MR) is 88.7 cm³/mol. The first kappa shape index (κ1) is 15.9. The van der Waals surface area contributed by atoms with E-state index in [0.29, 0.717) is 38.3 Å². The number of benzene rings is 1. The molecule has 6 nitrogen and oxygen atoms in total. The molecular formula is C16H19N3O3S. The number of carbonyl (C=O) groups excluding carboxylic acids is 1. The molecule has 7 heteroatoms. The van der Waals surface area contributed by atoms with Crippen molar-refractivity contribution in [3.05, 3.63) is 42.2 Å². The van der Waals surface area contributed by atoms with E-state index in [2.05, 4.69) is 4.98 Å². The fraction of sp³-hybridized carbons (Fsp3) is 0.375. The van der Waals surface area contributed by atoms with Crippen LogP contribution in [0.1, 0.15) is 16.9 Å². The average molecular weight is 333 g/mol. The van der Waals surface area contributed by atoms with Gasteiger partial charge in [-0.05, 0) is 17.9 Å². The Morgan fingerprint density at radius 2 is 1.87 bits per heavy atom. The van der Waals surface area contributed by atoms with Crippen LogP contribution in [0.15, 0.2) is 36.5 Å². The standard InChI is InChI=1S/C16H19N3O3S/c1-23(21,22)19-10-4-9-18(11-12-19)16(20)15-14-6-3-2-5-13(14)7-8-17-15/h2-3,5-8H,4,9-12H2,1H3. The predicted octanol–water partition coefficient (Wildman–Crippen LogP) is 1.34. The van der Waals surface area contributed by atoms with Crippen LogP contribution in [0.4, 0.5) is 0 Å². The number of aromatic nitrogens is 1. The maximum atomic E-state index is 12.8. The summed E-state index contributed by atoms with van der Waals surface area (Å²) >= 11 is 0. The van der Waals surface area contributed by atoms with Gasteiger partial charge in [0.05, 0.1) is 6.26 Å². The molecule has 1 aromatic heterocycles. The van der Waals surface area contributed by atoms with E-state index in [-0.39, 0.29) is 5.91 Å². The van der Waals surface area contributed by atoms with Crippen molar-refractivity contribution in [2.45, 2.75) is 6.42 Å². The third kappa shape index (κ3) is 3.35. The van der Waals surface area contributed by atoms with Gasteiger partial charge in [-0.2, -0.15) is 0 Å². The molecule has 1 aliphatic heterocycles. The maximum Gasteiger partial charge on any atom is 0.273 e. The second-order valence-corrected chi connectivity index (χ2v) is 7.67. The molecule has 1 fully saturated rings. The van der Waals surface area contributed by atoms with Crippen LogP contribution in [-0.2, 0) is 10.0 Å². The van der Waals surface area contributed by atoms with Crippen LogP contribution in [0.3, 0.4) is 0 Å². The number of hydrogen-bond acceptors (Lipinski definition) is 4. The fourth-order valence-electron chi connectivity index (χ4n) is 2.87. The number of rotatable bonds is 2. The van der Waals surface area contributed by atoms with Gasteiger partial charge in [0, 0.05) is 37.8 Å². The number of amides is 1. The highest BCUT2D eigenvalue weighted by molar-refractivity contribution is 7.88. The summed E-state index contributed by atoms with van der Waals surface area (Å²) in [4.78, 5) is 18.8. The molecule has 1 saturated heterocycles. The minimum absolute atomic E-state index is 0.142. The lowest BCUT2D eigenvalue weighted by Crippen LogP contribution is -2.37. The molecule has 0 atom stereocenters. The number of pyridine rings is 1. The second-order valence-electron chi connectivity index (χ2n) is 5.69. The molecule has 0 aliphatic carbocycles. The minimum atomic E-state index is -3.22. The minimum Gasteiger partial charge on any atom is -0.336 e. The lowest BCUT2D eigenvalue weighted by atomic mass is 10.1. The molecule has 2 heterocycles. The largest absolute Gasteiger partial charge is 0.336 e. The van der Waals surface area contributed by atoms with Crippen LogP contribution in [0.2, 0.25) is 0 Å². The zero-order valence-electron chi connectivity index (χ0n) is 13.0. The smallest absolute Gasteiger partial charge is 0.273 e. The quantitative estimate of drug-likeness (QED) is 0.831. The zero-order valence-corrected chi connectivity index (χ0v) is 13.8. The van der Waals surface area contributed by atoms with E-state index in [1.165, 1.54) is 10.6 Å². The SMILES string of the molecule is CS(=O)(=O)N1CCCN(C(=O)c2nccc3ccccc23)CC1. The molecule has 0 unspecified atom stereocenters. The van der Waals surface area contributed by atoms with E-state index in [0.717, 1.165) is 10.8 Å². The van der Waals surface area contributed by atoms with Crippen LogP contribution in [0.5, 0.6) is 0 Å². The number of sulfonamides is 1. The molecular weight excluding hydrogens is 314 g/mol. The summed E-state index contributed by atoms with van der Waals surface area (Å²) in [6, 6.07) is 9.51. The first-order valence-corrected chi connectivity index (χ1v) is 9.40. The highest BCUT2D eigenvalue weighted by Gasteiger charge is 2.25. The van der Waals surface area contributed by atoms with Gasteiger partial charge in [-0.25, -0.2) is 12.7 Å². The van der Waals surface area contributed by atoms with Gasteiger partial charge in [-0.15, -0.1) is 0 Å². The summed E-state index contributed by atoms with van der Waals surface area (Å²) in [7, 11) is -3.22. The normalized spacial score (nSPS) is 17.2. The Morgan fingerprint density at radius 1 is 1.09 bits per heavy atom. The summed E-state index contributed by atoms with van der Waals surface area (Å²) < 4.78 is 24.8. The van der Waals surface area contributed by atoms with E-state index in [9.17, 15) is 13.2 Å². The van der Waals surface area contributed by atoms with Crippen LogP contribution in [-0.4, -0.2) is 60.9 Å². The number of nitrogens with zero attached hydrogens (tertiary/aromatic N) is 3. The van der Waals surface area contributed by atoms with E-state index >= 15 is 0 Å². The van der Waals surface area contributed by atoms with Crippen molar-refractivity contribution in [2.24, 2.45) is 0 Å². The average Bonchev–Trinajstić information content (AvgIpc) is 2.79. The molecule has 0 radical (unpaired) electrons. The molecule has 1 aliphatic rings. The van der Waals surface area contributed by atoms with Gasteiger partial charge in [0.15, 0.2) is 0 Å². The molecule has 0 spiro atoms. The van der Waals surface area contributed by atoms with Gasteiger partial charge in [0.1, 0.15) is 5.69 Å². The highest BCUT2D eigenvalue weighted by atomic mass is 32.2. The van der Waals surface area contributed by atoms with Crippen LogP contribution >= 0.6 is 0 Å². The summed E-state index contributed by atoms with van der Waals surface area (Å²) in [6.07, 6.45) is 3.47. The second kappa shape index (κ2) is 6.25. The molecule has 1 aromatic carbocycles. The third-order valence-corrected chi connectivity index (χ3v) is 5.39. The fourth-order valence-corrected chi connectivity index (χ4v) is 3.74. The lowest BCUT2D eigenvalue weighted by Gasteiger charge is -2.21. The Hall–Kier alpha value is -1.99. The molecule has 0 N–H and O–H groups in total. The highest BCUT2D eigenvalue weighted by Crippen LogP contribution is 2.19. The van der Waals surface area contributed by atoms with E-state index in [4.69, 9.17) is 0 Å². The van der Waals surface area contributed by atoms with E-state index in [1.807, 2.05) is 30.3 Å². The third-order valence-electron chi connectivity index (χ3n) is 4.09. The maximum absolute atomic E-state index is 12.8. The van der Waals surface area contributed by atoms with Crippen molar-refractivity contribution in [1.82, 2.24) is 14.2 Å². The van der Waals surface area contributed by atoms with Gasteiger partial charge in [0.25, 0.3) is 5.91 Å². The van der Waals surface area contributed by atoms with Crippen LogP contribution in [0, 0.1) is 0 Å². The number of hydrogen-bond donors (Lipinski definition) is 0. The first-order chi connectivity index (χ1) is 11.0. The van der Waals surface area contributed by atoms with Gasteiger partial charge < -0.3 is 4.90 Å². The molecule has 3 rings (SSSR count). The molecule has 122 valence electrons. The van der Waals surface area contributed by atoms with Gasteiger partial charge in [-0.3, -0.25) is 9.78 Å². The van der Waals surface area contributed by atoms with Crippen molar-refractivity contribution >= 4 is 26.7 Å². The number of fused-ring (bicyclic) bond motifs is 1. The Kier molecular flexibility index (Phi) is 4.32. The topological polar surface area (TPSA) is 70.6 Å². The number of carbonyl (C=O) groups is 1. The molecule has 0 saturated carbocycles. The van der Waals surface area contributed by atoms with Crippen LogP contribution in [0.25, 0.3) is 10.8 Å². The van der Waals surface area contributed by atoms with Gasteiger partial charge >= 0.3 is 0 Å². The van der Waals surface area contributed by atoms with Crippen molar-refractivity contribution < 1.29 is 13.2 Å².